The summed E-state index contributed by atoms with van der Waals surface area (Å²) in [7, 11) is 0. The number of benzene rings is 1. The molecule has 1 aliphatic heterocycles. The Morgan fingerprint density at radius 2 is 1.96 bits per heavy atom. The van der Waals surface area contributed by atoms with Crippen molar-refractivity contribution in [2.24, 2.45) is 5.92 Å². The van der Waals surface area contributed by atoms with E-state index in [9.17, 15) is 9.90 Å². The van der Waals surface area contributed by atoms with Crippen molar-refractivity contribution in [1.82, 2.24) is 14.9 Å². The molecule has 0 spiro atoms. The number of rotatable bonds is 6. The molecule has 1 atom stereocenters. The molecule has 0 amide bonds. The summed E-state index contributed by atoms with van der Waals surface area (Å²) in [6.07, 6.45) is 5.59. The summed E-state index contributed by atoms with van der Waals surface area (Å²) in [5.74, 6) is 1.94. The van der Waals surface area contributed by atoms with E-state index in [1.807, 2.05) is 24.3 Å². The van der Waals surface area contributed by atoms with Crippen LogP contribution in [0.4, 0.5) is 0 Å². The number of hydrogen-bond donors (Lipinski definition) is 1. The van der Waals surface area contributed by atoms with Crippen LogP contribution >= 0.6 is 0 Å². The molecule has 6 nitrogen and oxygen atoms in total. The highest BCUT2D eigenvalue weighted by molar-refractivity contribution is 5.95. The Hall–Kier alpha value is -2.99. The molecule has 3 heterocycles. The monoisotopic (exact) mass is 363 g/mol. The van der Waals surface area contributed by atoms with Gasteiger partial charge in [-0.25, -0.2) is 14.8 Å². The van der Waals surface area contributed by atoms with Crippen molar-refractivity contribution >= 4 is 5.97 Å². The summed E-state index contributed by atoms with van der Waals surface area (Å²) in [6.45, 7) is 2.72. The molecular weight excluding hydrogens is 342 g/mol. The van der Waals surface area contributed by atoms with Gasteiger partial charge in [0, 0.05) is 30.9 Å². The molecule has 0 aliphatic carbocycles. The van der Waals surface area contributed by atoms with Gasteiger partial charge in [-0.05, 0) is 43.1 Å². The predicted octanol–water partition coefficient (Wildman–Crippen LogP) is 3.50. The maximum Gasteiger partial charge on any atom is 0.336 e. The molecule has 3 aromatic rings. The first-order chi connectivity index (χ1) is 13.2. The van der Waals surface area contributed by atoms with Crippen LogP contribution in [0.2, 0.25) is 0 Å². The van der Waals surface area contributed by atoms with Crippen LogP contribution in [0.1, 0.15) is 28.4 Å². The van der Waals surface area contributed by atoms with E-state index in [0.29, 0.717) is 17.2 Å². The van der Waals surface area contributed by atoms with Crippen molar-refractivity contribution < 1.29 is 14.3 Å². The highest BCUT2D eigenvalue weighted by Crippen LogP contribution is 2.28. The average Bonchev–Trinajstić information content (AvgIpc) is 3.32. The Labute approximate surface area is 157 Å². The van der Waals surface area contributed by atoms with Crippen LogP contribution in [0.3, 0.4) is 0 Å². The molecule has 138 valence electrons. The highest BCUT2D eigenvalue weighted by Gasteiger charge is 2.24. The van der Waals surface area contributed by atoms with E-state index >= 15 is 0 Å². The first-order valence-electron chi connectivity index (χ1n) is 9.08. The van der Waals surface area contributed by atoms with E-state index in [1.165, 1.54) is 0 Å². The van der Waals surface area contributed by atoms with E-state index < -0.39 is 5.97 Å². The van der Waals surface area contributed by atoms with E-state index in [1.54, 1.807) is 30.6 Å². The fourth-order valence-electron chi connectivity index (χ4n) is 3.63. The van der Waals surface area contributed by atoms with Crippen molar-refractivity contribution in [3.05, 3.63) is 72.0 Å². The van der Waals surface area contributed by atoms with Crippen molar-refractivity contribution in [1.29, 1.82) is 0 Å². The molecule has 1 N–H and O–H groups in total. The first-order valence-corrected chi connectivity index (χ1v) is 9.08. The van der Waals surface area contributed by atoms with Gasteiger partial charge in [-0.1, -0.05) is 18.2 Å². The molecular formula is C21H21N3O3. The fraction of sp³-hybridized carbons (Fsp3) is 0.286. The predicted molar refractivity (Wildman–Crippen MR) is 100 cm³/mol. The normalized spacial score (nSPS) is 17.3. The number of carbonyl (C=O) groups is 1. The van der Waals surface area contributed by atoms with Gasteiger partial charge in [0.1, 0.15) is 17.3 Å². The van der Waals surface area contributed by atoms with Crippen LogP contribution in [0.15, 0.2) is 59.3 Å². The number of furan rings is 1. The minimum Gasteiger partial charge on any atom is -0.478 e. The van der Waals surface area contributed by atoms with Crippen LogP contribution < -0.4 is 0 Å². The van der Waals surface area contributed by atoms with Crippen LogP contribution in [-0.2, 0) is 13.0 Å². The van der Waals surface area contributed by atoms with Gasteiger partial charge in [0.25, 0.3) is 0 Å². The molecule has 0 radical (unpaired) electrons. The van der Waals surface area contributed by atoms with E-state index in [0.717, 1.165) is 44.1 Å². The zero-order valence-corrected chi connectivity index (χ0v) is 14.9. The molecule has 0 saturated carbocycles. The molecule has 0 bridgehead atoms. The topological polar surface area (TPSA) is 79.5 Å². The third kappa shape index (κ3) is 4.06. The number of aromatic nitrogens is 2. The molecule has 2 aromatic heterocycles. The second kappa shape index (κ2) is 7.72. The Balaban J connectivity index is 1.40. The third-order valence-electron chi connectivity index (χ3n) is 4.92. The molecule has 4 rings (SSSR count). The maximum atomic E-state index is 11.4. The minimum absolute atomic E-state index is 0.252. The van der Waals surface area contributed by atoms with Crippen molar-refractivity contribution in [2.45, 2.75) is 19.4 Å². The Bertz CT molecular complexity index is 923. The number of nitrogens with zero attached hydrogens (tertiary/aromatic N) is 3. The lowest BCUT2D eigenvalue weighted by Crippen LogP contribution is -2.20. The number of hydrogen-bond acceptors (Lipinski definition) is 5. The van der Waals surface area contributed by atoms with Crippen LogP contribution in [0, 0.1) is 5.92 Å². The first kappa shape index (κ1) is 17.4. The number of carboxylic acids is 1. The summed E-state index contributed by atoms with van der Waals surface area (Å²) >= 11 is 0. The molecule has 1 saturated heterocycles. The summed E-state index contributed by atoms with van der Waals surface area (Å²) in [6, 6.07) is 12.5. The molecule has 0 unspecified atom stereocenters. The largest absolute Gasteiger partial charge is 0.478 e. The van der Waals surface area contributed by atoms with Gasteiger partial charge >= 0.3 is 5.97 Å². The standard InChI is InChI=1S/C21H21N3O3/c25-21(26)18-5-2-1-4-17(18)19-7-6-16(27-19)14-24-11-8-15(13-24)12-20-22-9-3-10-23-20/h1-7,9-10,15H,8,11-14H2,(H,25,26)/t15-/m0/s1. The van der Waals surface area contributed by atoms with Gasteiger partial charge < -0.3 is 9.52 Å². The Morgan fingerprint density at radius 1 is 1.15 bits per heavy atom. The number of aromatic carboxylic acids is 1. The summed E-state index contributed by atoms with van der Waals surface area (Å²) in [5, 5.41) is 9.35. The molecule has 27 heavy (non-hydrogen) atoms. The quantitative estimate of drug-likeness (QED) is 0.722. The summed E-state index contributed by atoms with van der Waals surface area (Å²) in [5.41, 5.74) is 0.860. The van der Waals surface area contributed by atoms with Gasteiger partial charge in [0.15, 0.2) is 0 Å². The second-order valence-electron chi connectivity index (χ2n) is 6.88. The molecule has 1 fully saturated rings. The van der Waals surface area contributed by atoms with Gasteiger partial charge in [0.2, 0.25) is 0 Å². The highest BCUT2D eigenvalue weighted by atomic mass is 16.4. The molecule has 1 aliphatic rings. The van der Waals surface area contributed by atoms with Crippen LogP contribution in [0.5, 0.6) is 0 Å². The van der Waals surface area contributed by atoms with Crippen molar-refractivity contribution in [3.63, 3.8) is 0 Å². The average molecular weight is 363 g/mol. The molecule has 1 aromatic carbocycles. The summed E-state index contributed by atoms with van der Waals surface area (Å²) in [4.78, 5) is 22.4. The van der Waals surface area contributed by atoms with Gasteiger partial charge in [-0.3, -0.25) is 4.90 Å². The zero-order valence-electron chi connectivity index (χ0n) is 14.9. The number of likely N-dealkylation sites (tertiary alicyclic amines) is 1. The smallest absolute Gasteiger partial charge is 0.336 e. The lowest BCUT2D eigenvalue weighted by molar-refractivity contribution is 0.0697. The maximum absolute atomic E-state index is 11.4. The lowest BCUT2D eigenvalue weighted by Gasteiger charge is -2.14. The van der Waals surface area contributed by atoms with E-state index in [4.69, 9.17) is 4.42 Å². The minimum atomic E-state index is -0.950. The fourth-order valence-corrected chi connectivity index (χ4v) is 3.63. The van der Waals surface area contributed by atoms with Crippen molar-refractivity contribution in [3.8, 4) is 11.3 Å². The van der Waals surface area contributed by atoms with Crippen molar-refractivity contribution in [2.75, 3.05) is 13.1 Å². The van der Waals surface area contributed by atoms with Crippen LogP contribution in [-0.4, -0.2) is 39.0 Å². The molecule has 6 heteroatoms. The SMILES string of the molecule is O=C(O)c1ccccc1-c1ccc(CN2CC[C@@H](Cc3ncccn3)C2)o1. The zero-order chi connectivity index (χ0) is 18.6. The second-order valence-corrected chi connectivity index (χ2v) is 6.88. The Kier molecular flexibility index (Phi) is 4.98. The van der Waals surface area contributed by atoms with E-state index in [-0.39, 0.29) is 5.56 Å². The Morgan fingerprint density at radius 3 is 2.78 bits per heavy atom. The number of carboxylic acid groups (broad SMARTS) is 1. The van der Waals surface area contributed by atoms with E-state index in [2.05, 4.69) is 14.9 Å². The van der Waals surface area contributed by atoms with Gasteiger partial charge in [0.05, 0.1) is 12.1 Å². The van der Waals surface area contributed by atoms with Crippen LogP contribution in [0.25, 0.3) is 11.3 Å². The lowest BCUT2D eigenvalue weighted by atomic mass is 10.0. The van der Waals surface area contributed by atoms with Gasteiger partial charge in [-0.2, -0.15) is 0 Å². The summed E-state index contributed by atoms with van der Waals surface area (Å²) < 4.78 is 5.95. The van der Waals surface area contributed by atoms with Gasteiger partial charge in [-0.15, -0.1) is 0 Å². The third-order valence-corrected chi connectivity index (χ3v) is 4.92.